The molecular weight excluding hydrogens is 367 g/mol. The third kappa shape index (κ3) is 3.36. The van der Waals surface area contributed by atoms with Gasteiger partial charge in [0, 0.05) is 17.0 Å². The minimum absolute atomic E-state index is 0.0753. The van der Waals surface area contributed by atoms with Gasteiger partial charge in [0.1, 0.15) is 22.6 Å². The van der Waals surface area contributed by atoms with Crippen molar-refractivity contribution in [1.82, 2.24) is 9.88 Å². The summed E-state index contributed by atoms with van der Waals surface area (Å²) in [5.41, 5.74) is 1.10. The van der Waals surface area contributed by atoms with E-state index in [1.54, 1.807) is 22.4 Å². The van der Waals surface area contributed by atoms with Crippen molar-refractivity contribution >= 4 is 23.2 Å². The van der Waals surface area contributed by atoms with Crippen LogP contribution in [0.3, 0.4) is 0 Å². The molecule has 0 radical (unpaired) electrons. The number of aromatic nitrogens is 1. The number of fused-ring (bicyclic) bond motifs is 1. The highest BCUT2D eigenvalue weighted by molar-refractivity contribution is 7.13. The van der Waals surface area contributed by atoms with Gasteiger partial charge in [-0.3, -0.25) is 4.79 Å². The molecule has 1 aliphatic carbocycles. The summed E-state index contributed by atoms with van der Waals surface area (Å²) < 4.78 is 18.1. The number of carbonyl (C=O) groups is 2. The van der Waals surface area contributed by atoms with Gasteiger partial charge in [-0.05, 0) is 49.4 Å². The maximum Gasteiger partial charge on any atom is 0.328 e. The molecule has 7 heteroatoms. The number of benzene rings is 1. The third-order valence-electron chi connectivity index (χ3n) is 5.61. The molecule has 1 saturated carbocycles. The molecule has 3 unspecified atom stereocenters. The van der Waals surface area contributed by atoms with Gasteiger partial charge in [-0.25, -0.2) is 14.2 Å². The molecule has 0 N–H and O–H groups in total. The summed E-state index contributed by atoms with van der Waals surface area (Å²) in [4.78, 5) is 31.7. The first-order chi connectivity index (χ1) is 13.1. The molecule has 3 atom stereocenters. The molecule has 0 spiro atoms. The van der Waals surface area contributed by atoms with Gasteiger partial charge in [-0.2, -0.15) is 0 Å². The number of ether oxygens (including phenoxy) is 1. The molecule has 2 fully saturated rings. The largest absolute Gasteiger partial charge is 0.467 e. The summed E-state index contributed by atoms with van der Waals surface area (Å²) in [6.45, 7) is 0. The van der Waals surface area contributed by atoms with E-state index >= 15 is 0 Å². The molecule has 2 heterocycles. The average Bonchev–Trinajstić information content (AvgIpc) is 3.32. The zero-order valence-corrected chi connectivity index (χ0v) is 15.9. The number of nitrogens with zero attached hydrogens (tertiary/aromatic N) is 2. The molecule has 1 aliphatic heterocycles. The van der Waals surface area contributed by atoms with Gasteiger partial charge in [0.2, 0.25) is 0 Å². The van der Waals surface area contributed by atoms with Crippen LogP contribution in [0.25, 0.3) is 10.6 Å². The van der Waals surface area contributed by atoms with Gasteiger partial charge in [0.15, 0.2) is 0 Å². The Morgan fingerprint density at radius 3 is 2.70 bits per heavy atom. The summed E-state index contributed by atoms with van der Waals surface area (Å²) in [5, 5.41) is 2.37. The number of thiazole rings is 1. The molecule has 4 rings (SSSR count). The van der Waals surface area contributed by atoms with E-state index in [0.29, 0.717) is 23.0 Å². The Morgan fingerprint density at radius 1 is 1.22 bits per heavy atom. The van der Waals surface area contributed by atoms with Gasteiger partial charge >= 0.3 is 5.97 Å². The Bertz CT molecular complexity index is 851. The Hall–Kier alpha value is -2.28. The highest BCUT2D eigenvalue weighted by atomic mass is 32.1. The number of methoxy groups -OCH3 is 1. The minimum Gasteiger partial charge on any atom is -0.467 e. The van der Waals surface area contributed by atoms with Crippen LogP contribution in [0.1, 0.15) is 42.6 Å². The highest BCUT2D eigenvalue weighted by Gasteiger charge is 2.48. The van der Waals surface area contributed by atoms with Gasteiger partial charge in [-0.1, -0.05) is 12.8 Å². The summed E-state index contributed by atoms with van der Waals surface area (Å²) >= 11 is 1.34. The average molecular weight is 388 g/mol. The van der Waals surface area contributed by atoms with Crippen LogP contribution in [0.5, 0.6) is 0 Å². The second-order valence-electron chi connectivity index (χ2n) is 7.14. The van der Waals surface area contributed by atoms with Gasteiger partial charge in [0.25, 0.3) is 5.91 Å². The summed E-state index contributed by atoms with van der Waals surface area (Å²) in [6, 6.07) is 5.58. The first-order valence-corrected chi connectivity index (χ1v) is 10.1. The van der Waals surface area contributed by atoms with Crippen molar-refractivity contribution in [3.63, 3.8) is 0 Å². The van der Waals surface area contributed by atoms with Gasteiger partial charge in [0.05, 0.1) is 7.11 Å². The Labute approximate surface area is 161 Å². The lowest BCUT2D eigenvalue weighted by Crippen LogP contribution is -2.46. The fourth-order valence-electron chi connectivity index (χ4n) is 4.33. The monoisotopic (exact) mass is 388 g/mol. The first kappa shape index (κ1) is 18.1. The minimum atomic E-state index is -0.536. The van der Waals surface area contributed by atoms with Crippen molar-refractivity contribution in [1.29, 1.82) is 0 Å². The van der Waals surface area contributed by atoms with Gasteiger partial charge in [-0.15, -0.1) is 11.3 Å². The number of halogens is 1. The molecule has 1 aromatic carbocycles. The number of amides is 1. The zero-order valence-electron chi connectivity index (χ0n) is 15.1. The molecule has 142 valence electrons. The molecule has 1 aromatic heterocycles. The van der Waals surface area contributed by atoms with E-state index in [1.807, 2.05) is 0 Å². The molecule has 2 aromatic rings. The van der Waals surface area contributed by atoms with Crippen LogP contribution < -0.4 is 0 Å². The summed E-state index contributed by atoms with van der Waals surface area (Å²) in [5.74, 6) is -0.536. The molecule has 1 amide bonds. The number of hydrogen-bond acceptors (Lipinski definition) is 5. The number of hydrogen-bond donors (Lipinski definition) is 0. The van der Waals surface area contributed by atoms with Crippen LogP contribution in [0.4, 0.5) is 4.39 Å². The fraction of sp³-hybridized carbons (Fsp3) is 0.450. The number of likely N-dealkylation sites (tertiary alicyclic amines) is 1. The SMILES string of the molecule is COC(=O)C1CC2CCCCC2N1C(=O)c1csc(-c2ccc(F)cc2)n1. The lowest BCUT2D eigenvalue weighted by molar-refractivity contribution is -0.145. The molecule has 2 aliphatic rings. The predicted molar refractivity (Wildman–Crippen MR) is 99.8 cm³/mol. The smallest absolute Gasteiger partial charge is 0.328 e. The first-order valence-electron chi connectivity index (χ1n) is 9.20. The van der Waals surface area contributed by atoms with Crippen LogP contribution in [0, 0.1) is 11.7 Å². The molecule has 5 nitrogen and oxygen atoms in total. The number of rotatable bonds is 3. The lowest BCUT2D eigenvalue weighted by atomic mass is 9.84. The Morgan fingerprint density at radius 2 is 1.96 bits per heavy atom. The topological polar surface area (TPSA) is 59.5 Å². The van der Waals surface area contributed by atoms with Gasteiger partial charge < -0.3 is 9.64 Å². The number of carbonyl (C=O) groups excluding carboxylic acids is 2. The predicted octanol–water partition coefficient (Wildman–Crippen LogP) is 3.90. The van der Waals surface area contributed by atoms with Crippen LogP contribution in [-0.2, 0) is 9.53 Å². The van der Waals surface area contributed by atoms with E-state index < -0.39 is 6.04 Å². The maximum absolute atomic E-state index is 13.2. The van der Waals surface area contributed by atoms with E-state index in [0.717, 1.165) is 31.2 Å². The van der Waals surface area contributed by atoms with Crippen molar-refractivity contribution in [2.24, 2.45) is 5.92 Å². The van der Waals surface area contributed by atoms with Crippen molar-refractivity contribution < 1.29 is 18.7 Å². The van der Waals surface area contributed by atoms with Crippen molar-refractivity contribution in [2.75, 3.05) is 7.11 Å². The maximum atomic E-state index is 13.2. The Balaban J connectivity index is 1.62. The van der Waals surface area contributed by atoms with Crippen LogP contribution in [-0.4, -0.2) is 41.0 Å². The van der Waals surface area contributed by atoms with E-state index in [9.17, 15) is 14.0 Å². The summed E-state index contributed by atoms with van der Waals surface area (Å²) in [6.07, 6.45) is 4.83. The highest BCUT2D eigenvalue weighted by Crippen LogP contribution is 2.41. The van der Waals surface area contributed by atoms with Crippen LogP contribution >= 0.6 is 11.3 Å². The molecular formula is C20H21FN2O3S. The second kappa shape index (κ2) is 7.38. The van der Waals surface area contributed by atoms with Crippen LogP contribution in [0.2, 0.25) is 0 Å². The second-order valence-corrected chi connectivity index (χ2v) is 8.00. The fourth-order valence-corrected chi connectivity index (χ4v) is 5.13. The van der Waals surface area contributed by atoms with E-state index in [-0.39, 0.29) is 23.7 Å². The van der Waals surface area contributed by atoms with Crippen molar-refractivity contribution in [3.05, 3.63) is 41.2 Å². The lowest BCUT2D eigenvalue weighted by Gasteiger charge is -2.32. The van der Waals surface area contributed by atoms with E-state index in [4.69, 9.17) is 4.74 Å². The Kier molecular flexibility index (Phi) is 4.95. The number of esters is 1. The summed E-state index contributed by atoms with van der Waals surface area (Å²) in [7, 11) is 1.36. The van der Waals surface area contributed by atoms with Crippen LogP contribution in [0.15, 0.2) is 29.6 Å². The van der Waals surface area contributed by atoms with E-state index in [1.165, 1.54) is 30.6 Å². The van der Waals surface area contributed by atoms with Crippen molar-refractivity contribution in [3.8, 4) is 10.6 Å². The third-order valence-corrected chi connectivity index (χ3v) is 6.50. The van der Waals surface area contributed by atoms with Crippen molar-refractivity contribution in [2.45, 2.75) is 44.2 Å². The normalized spacial score (nSPS) is 24.5. The zero-order chi connectivity index (χ0) is 19.0. The quantitative estimate of drug-likeness (QED) is 0.749. The molecule has 1 saturated heterocycles. The standard InChI is InChI=1S/C20H21FN2O3S/c1-26-20(25)17-10-13-4-2-3-5-16(13)23(17)19(24)15-11-27-18(22-15)12-6-8-14(21)9-7-12/h6-9,11,13,16-17H,2-5,10H2,1H3. The van der Waals surface area contributed by atoms with E-state index in [2.05, 4.69) is 4.98 Å². The molecule has 27 heavy (non-hydrogen) atoms. The molecule has 0 bridgehead atoms.